The predicted molar refractivity (Wildman–Crippen MR) is 116 cm³/mol. The zero-order chi connectivity index (χ0) is 19.6. The number of pyridine rings is 2. The van der Waals surface area contributed by atoms with Crippen LogP contribution in [0.3, 0.4) is 0 Å². The minimum atomic E-state index is 0.425. The fourth-order valence-electron chi connectivity index (χ4n) is 4.43. The maximum absolute atomic E-state index is 4.75. The van der Waals surface area contributed by atoms with Gasteiger partial charge in [0.25, 0.3) is 0 Å². The zero-order valence-electron chi connectivity index (χ0n) is 16.7. The third-order valence-corrected chi connectivity index (χ3v) is 5.85. The summed E-state index contributed by atoms with van der Waals surface area (Å²) in [5, 5.41) is 1.24. The van der Waals surface area contributed by atoms with Gasteiger partial charge < -0.3 is 9.47 Å². The van der Waals surface area contributed by atoms with E-state index in [1.807, 2.05) is 24.8 Å². The molecule has 1 atom stereocenters. The first-order valence-electron chi connectivity index (χ1n) is 10.3. The molecule has 29 heavy (non-hydrogen) atoms. The van der Waals surface area contributed by atoms with E-state index in [-0.39, 0.29) is 0 Å². The molecule has 4 aromatic rings. The third kappa shape index (κ3) is 3.60. The van der Waals surface area contributed by atoms with Crippen LogP contribution in [-0.4, -0.2) is 32.6 Å². The molecule has 0 bridgehead atoms. The van der Waals surface area contributed by atoms with Gasteiger partial charge in [0.05, 0.1) is 5.52 Å². The third-order valence-electron chi connectivity index (χ3n) is 5.85. The van der Waals surface area contributed by atoms with Crippen LogP contribution in [0.15, 0.2) is 67.4 Å². The van der Waals surface area contributed by atoms with Gasteiger partial charge in [-0.3, -0.25) is 9.97 Å². The van der Waals surface area contributed by atoms with Crippen molar-refractivity contribution in [3.8, 4) is 0 Å². The summed E-state index contributed by atoms with van der Waals surface area (Å²) in [5.41, 5.74) is 4.88. The van der Waals surface area contributed by atoms with Crippen LogP contribution in [0.5, 0.6) is 0 Å². The molecule has 0 aliphatic carbocycles. The topological polar surface area (TPSA) is 46.8 Å². The van der Waals surface area contributed by atoms with Gasteiger partial charge in [-0.25, -0.2) is 4.98 Å². The van der Waals surface area contributed by atoms with E-state index in [9.17, 15) is 0 Å². The number of benzene rings is 1. The first kappa shape index (κ1) is 17.9. The molecular formula is C24H25N5. The van der Waals surface area contributed by atoms with Crippen LogP contribution in [0.25, 0.3) is 10.9 Å². The van der Waals surface area contributed by atoms with Crippen LogP contribution in [0.1, 0.15) is 35.7 Å². The predicted octanol–water partition coefficient (Wildman–Crippen LogP) is 4.57. The molecule has 1 aromatic carbocycles. The van der Waals surface area contributed by atoms with Crippen LogP contribution in [0.4, 0.5) is 5.69 Å². The molecule has 4 heterocycles. The Morgan fingerprint density at radius 3 is 2.79 bits per heavy atom. The highest BCUT2D eigenvalue weighted by molar-refractivity contribution is 5.92. The van der Waals surface area contributed by atoms with Gasteiger partial charge in [0, 0.05) is 67.6 Å². The van der Waals surface area contributed by atoms with Crippen molar-refractivity contribution in [2.45, 2.75) is 32.2 Å². The number of anilines is 1. The molecule has 0 radical (unpaired) electrons. The molecule has 1 saturated heterocycles. The van der Waals surface area contributed by atoms with Gasteiger partial charge in [-0.05, 0) is 55.7 Å². The molecular weight excluding hydrogens is 358 g/mol. The second kappa shape index (κ2) is 7.66. The van der Waals surface area contributed by atoms with Crippen molar-refractivity contribution in [2.24, 2.45) is 0 Å². The smallest absolute Gasteiger partial charge is 0.113 e. The summed E-state index contributed by atoms with van der Waals surface area (Å²) >= 11 is 0. The first-order valence-corrected chi connectivity index (χ1v) is 10.3. The monoisotopic (exact) mass is 383 g/mol. The number of aromatic nitrogens is 4. The first-order chi connectivity index (χ1) is 14.3. The number of aryl methyl sites for hydroxylation is 1. The maximum atomic E-state index is 4.75. The van der Waals surface area contributed by atoms with E-state index in [1.54, 1.807) is 0 Å². The van der Waals surface area contributed by atoms with Crippen LogP contribution < -0.4 is 4.90 Å². The number of hydrogen-bond acceptors (Lipinski definition) is 4. The minimum Gasteiger partial charge on any atom is -0.370 e. The van der Waals surface area contributed by atoms with E-state index in [1.165, 1.54) is 40.9 Å². The molecule has 5 heteroatoms. The normalized spacial score (nSPS) is 17.0. The van der Waals surface area contributed by atoms with E-state index in [2.05, 4.69) is 69.0 Å². The Bertz CT molecular complexity index is 1120. The number of nitrogens with zero attached hydrogens (tertiary/aromatic N) is 5. The molecule has 0 amide bonds. The Labute approximate surface area is 171 Å². The SMILES string of the molecule is Cc1ccc2nccc(N3CCCC(c4nccn4Cc4ccncc4)C3)c2c1. The van der Waals surface area contributed by atoms with E-state index in [0.717, 1.165) is 25.2 Å². The molecule has 1 fully saturated rings. The van der Waals surface area contributed by atoms with Crippen molar-refractivity contribution in [2.75, 3.05) is 18.0 Å². The number of hydrogen-bond donors (Lipinski definition) is 0. The summed E-state index contributed by atoms with van der Waals surface area (Å²) < 4.78 is 2.29. The highest BCUT2D eigenvalue weighted by Gasteiger charge is 2.26. The van der Waals surface area contributed by atoms with Crippen molar-refractivity contribution in [3.63, 3.8) is 0 Å². The lowest BCUT2D eigenvalue weighted by Crippen LogP contribution is -2.35. The average molecular weight is 383 g/mol. The highest BCUT2D eigenvalue weighted by atomic mass is 15.2. The maximum Gasteiger partial charge on any atom is 0.113 e. The van der Waals surface area contributed by atoms with E-state index < -0.39 is 0 Å². The Hall–Kier alpha value is -3.21. The molecule has 146 valence electrons. The van der Waals surface area contributed by atoms with E-state index >= 15 is 0 Å². The lowest BCUT2D eigenvalue weighted by atomic mass is 9.96. The van der Waals surface area contributed by atoms with Crippen molar-refractivity contribution in [1.82, 2.24) is 19.5 Å². The van der Waals surface area contributed by atoms with Crippen molar-refractivity contribution in [1.29, 1.82) is 0 Å². The lowest BCUT2D eigenvalue weighted by Gasteiger charge is -2.35. The van der Waals surface area contributed by atoms with E-state index in [4.69, 9.17) is 4.98 Å². The Morgan fingerprint density at radius 2 is 1.90 bits per heavy atom. The Kier molecular flexibility index (Phi) is 4.72. The summed E-state index contributed by atoms with van der Waals surface area (Å²) in [7, 11) is 0. The summed E-state index contributed by atoms with van der Waals surface area (Å²) in [5.74, 6) is 1.61. The molecule has 0 saturated carbocycles. The van der Waals surface area contributed by atoms with Crippen molar-refractivity contribution >= 4 is 16.6 Å². The highest BCUT2D eigenvalue weighted by Crippen LogP contribution is 2.33. The van der Waals surface area contributed by atoms with Gasteiger partial charge in [0.1, 0.15) is 5.82 Å². The van der Waals surface area contributed by atoms with Crippen LogP contribution in [0, 0.1) is 6.92 Å². The molecule has 0 N–H and O–H groups in total. The van der Waals surface area contributed by atoms with Crippen molar-refractivity contribution < 1.29 is 0 Å². The van der Waals surface area contributed by atoms with Gasteiger partial charge in [-0.2, -0.15) is 0 Å². The quantitative estimate of drug-likeness (QED) is 0.518. The largest absolute Gasteiger partial charge is 0.370 e. The second-order valence-corrected chi connectivity index (χ2v) is 7.90. The van der Waals surface area contributed by atoms with Gasteiger partial charge in [0.2, 0.25) is 0 Å². The van der Waals surface area contributed by atoms with Crippen LogP contribution in [0.2, 0.25) is 0 Å². The van der Waals surface area contributed by atoms with Gasteiger partial charge >= 0.3 is 0 Å². The average Bonchev–Trinajstić information content (AvgIpc) is 3.22. The fourth-order valence-corrected chi connectivity index (χ4v) is 4.43. The van der Waals surface area contributed by atoms with Gasteiger partial charge in [0.15, 0.2) is 0 Å². The molecule has 1 unspecified atom stereocenters. The van der Waals surface area contributed by atoms with E-state index in [0.29, 0.717) is 5.92 Å². The molecule has 1 aliphatic heterocycles. The fraction of sp³-hybridized carbons (Fsp3) is 0.292. The van der Waals surface area contributed by atoms with Crippen LogP contribution in [-0.2, 0) is 6.54 Å². The lowest BCUT2D eigenvalue weighted by molar-refractivity contribution is 0.477. The van der Waals surface area contributed by atoms with Crippen molar-refractivity contribution in [3.05, 3.63) is 84.3 Å². The molecule has 3 aromatic heterocycles. The van der Waals surface area contributed by atoms with Crippen LogP contribution >= 0.6 is 0 Å². The summed E-state index contributed by atoms with van der Waals surface area (Å²) in [4.78, 5) is 16.0. The molecule has 0 spiro atoms. The molecule has 1 aliphatic rings. The molecule has 5 nitrogen and oxygen atoms in total. The summed E-state index contributed by atoms with van der Waals surface area (Å²) in [6, 6.07) is 12.8. The number of imidazole rings is 1. The second-order valence-electron chi connectivity index (χ2n) is 7.90. The number of fused-ring (bicyclic) bond motifs is 1. The Morgan fingerprint density at radius 1 is 1.00 bits per heavy atom. The molecule has 5 rings (SSSR count). The standard InChI is InChI=1S/C24H25N5/c1-18-4-5-22-21(15-18)23(8-11-26-22)28-13-2-3-20(17-28)24-27-12-14-29(24)16-19-6-9-25-10-7-19/h4-12,14-15,20H,2-3,13,16-17H2,1H3. The minimum absolute atomic E-state index is 0.425. The number of piperidine rings is 1. The summed E-state index contributed by atoms with van der Waals surface area (Å²) in [6.07, 6.45) is 12.0. The summed E-state index contributed by atoms with van der Waals surface area (Å²) in [6.45, 7) is 5.05. The zero-order valence-corrected chi connectivity index (χ0v) is 16.7. The Balaban J connectivity index is 1.43. The van der Waals surface area contributed by atoms with Gasteiger partial charge in [-0.15, -0.1) is 0 Å². The van der Waals surface area contributed by atoms with Gasteiger partial charge in [-0.1, -0.05) is 11.6 Å². The number of rotatable bonds is 4.